The summed E-state index contributed by atoms with van der Waals surface area (Å²) in [6.07, 6.45) is -0.806. The van der Waals surface area contributed by atoms with Crippen LogP contribution in [0.3, 0.4) is 0 Å². The molecule has 0 saturated carbocycles. The van der Waals surface area contributed by atoms with Gasteiger partial charge >= 0.3 is 11.9 Å². The van der Waals surface area contributed by atoms with Crippen molar-refractivity contribution in [3.05, 3.63) is 32.9 Å². The molecule has 0 aliphatic carbocycles. The molecule has 0 aromatic heterocycles. The fourth-order valence-corrected chi connectivity index (χ4v) is 3.35. The minimum absolute atomic E-state index is 0.223. The zero-order valence-electron chi connectivity index (χ0n) is 14.0. The van der Waals surface area contributed by atoms with Gasteiger partial charge in [-0.05, 0) is 50.6 Å². The first-order valence-electron chi connectivity index (χ1n) is 7.00. The first kappa shape index (κ1) is 20.9. The molecule has 4 nitrogen and oxygen atoms in total. The number of carbonyl (C=O) groups is 2. The molecule has 0 atom stereocenters. The van der Waals surface area contributed by atoms with E-state index in [1.165, 1.54) is 14.7 Å². The van der Waals surface area contributed by atoms with E-state index in [2.05, 4.69) is 82.3 Å². The van der Waals surface area contributed by atoms with E-state index in [1.54, 1.807) is 0 Å². The second kappa shape index (κ2) is 7.94. The summed E-state index contributed by atoms with van der Waals surface area (Å²) in [4.78, 5) is 18.9. The predicted molar refractivity (Wildman–Crippen MR) is 96.4 cm³/mol. The molecule has 0 unspecified atom stereocenters. The Morgan fingerprint density at radius 1 is 0.955 bits per heavy atom. The third-order valence-corrected chi connectivity index (χ3v) is 3.77. The number of carboxylic acids is 2. The van der Waals surface area contributed by atoms with Crippen LogP contribution in [0, 0.1) is 3.57 Å². The third kappa shape index (κ3) is 7.24. The van der Waals surface area contributed by atoms with Gasteiger partial charge in [0.15, 0.2) is 0 Å². The number of aliphatic carboxylic acids is 2. The molecule has 0 fully saturated rings. The zero-order chi connectivity index (χ0) is 17.7. The van der Waals surface area contributed by atoms with Gasteiger partial charge in [-0.15, -0.1) is 0 Å². The average molecular weight is 420 g/mol. The molecule has 0 radical (unpaired) electrons. The van der Waals surface area contributed by atoms with Crippen molar-refractivity contribution in [1.82, 2.24) is 0 Å². The molecular weight excluding hydrogens is 395 g/mol. The fraction of sp³-hybridized carbons (Fsp3) is 0.529. The lowest BCUT2D eigenvalue weighted by atomic mass is 9.75. The van der Waals surface area contributed by atoms with E-state index in [4.69, 9.17) is 10.2 Å². The Bertz CT molecular complexity index is 525. The number of rotatable bonds is 2. The van der Waals surface area contributed by atoms with E-state index >= 15 is 0 Å². The molecule has 0 aliphatic rings. The van der Waals surface area contributed by atoms with Gasteiger partial charge in [0.1, 0.15) is 6.42 Å². The largest absolute Gasteiger partial charge is 0.481 e. The summed E-state index contributed by atoms with van der Waals surface area (Å²) in [5.74, 6) is -2.62. The SMILES string of the molecule is CC(C)(C)c1cccc(I)c1C(C)(C)C.O=C(O)CC(=O)O. The lowest BCUT2D eigenvalue weighted by Gasteiger charge is -2.31. The normalized spacial score (nSPS) is 11.4. The molecule has 0 spiro atoms. The van der Waals surface area contributed by atoms with Crippen molar-refractivity contribution in [3.8, 4) is 0 Å². The lowest BCUT2D eigenvalue weighted by molar-refractivity contribution is -0.147. The Morgan fingerprint density at radius 3 is 1.64 bits per heavy atom. The van der Waals surface area contributed by atoms with Crippen LogP contribution < -0.4 is 0 Å². The Balaban J connectivity index is 0.000000534. The lowest BCUT2D eigenvalue weighted by Crippen LogP contribution is -2.23. The van der Waals surface area contributed by atoms with Crippen molar-refractivity contribution in [2.45, 2.75) is 58.8 Å². The smallest absolute Gasteiger partial charge is 0.314 e. The summed E-state index contributed by atoms with van der Waals surface area (Å²) >= 11 is 2.45. The summed E-state index contributed by atoms with van der Waals surface area (Å²) in [6.45, 7) is 13.7. The van der Waals surface area contributed by atoms with E-state index < -0.39 is 18.4 Å². The number of halogens is 1. The fourth-order valence-electron chi connectivity index (χ4n) is 2.04. The summed E-state index contributed by atoms with van der Waals surface area (Å²) in [5, 5.41) is 15.4. The minimum atomic E-state index is -1.31. The Kier molecular flexibility index (Phi) is 7.54. The van der Waals surface area contributed by atoms with Gasteiger partial charge in [0.25, 0.3) is 0 Å². The van der Waals surface area contributed by atoms with Crippen molar-refractivity contribution in [2.24, 2.45) is 0 Å². The molecular formula is C17H25IO4. The number of hydrogen-bond donors (Lipinski definition) is 2. The molecule has 0 aliphatic heterocycles. The zero-order valence-corrected chi connectivity index (χ0v) is 16.2. The average Bonchev–Trinajstić information content (AvgIpc) is 2.24. The van der Waals surface area contributed by atoms with Crippen LogP contribution in [0.5, 0.6) is 0 Å². The van der Waals surface area contributed by atoms with Gasteiger partial charge in [-0.3, -0.25) is 9.59 Å². The van der Waals surface area contributed by atoms with Crippen LogP contribution in [0.2, 0.25) is 0 Å². The van der Waals surface area contributed by atoms with Crippen LogP contribution in [0.4, 0.5) is 0 Å². The Morgan fingerprint density at radius 2 is 1.41 bits per heavy atom. The molecule has 124 valence electrons. The van der Waals surface area contributed by atoms with Crippen LogP contribution in [0.15, 0.2) is 18.2 Å². The van der Waals surface area contributed by atoms with Crippen LogP contribution >= 0.6 is 22.6 Å². The maximum atomic E-state index is 9.43. The second-order valence-corrected chi connectivity index (χ2v) is 8.29. The molecule has 0 amide bonds. The molecule has 22 heavy (non-hydrogen) atoms. The third-order valence-electron chi connectivity index (χ3n) is 2.87. The predicted octanol–water partition coefficient (Wildman–Crippen LogP) is 4.43. The van der Waals surface area contributed by atoms with E-state index in [0.29, 0.717) is 0 Å². The van der Waals surface area contributed by atoms with Crippen molar-refractivity contribution < 1.29 is 19.8 Å². The maximum absolute atomic E-state index is 9.43. The Labute approximate surface area is 146 Å². The highest BCUT2D eigenvalue weighted by molar-refractivity contribution is 14.1. The summed E-state index contributed by atoms with van der Waals surface area (Å²) in [5.41, 5.74) is 3.42. The highest BCUT2D eigenvalue weighted by Crippen LogP contribution is 2.36. The monoisotopic (exact) mass is 420 g/mol. The van der Waals surface area contributed by atoms with Crippen LogP contribution in [0.1, 0.15) is 59.1 Å². The van der Waals surface area contributed by atoms with Crippen molar-refractivity contribution in [2.75, 3.05) is 0 Å². The van der Waals surface area contributed by atoms with Crippen LogP contribution in [-0.2, 0) is 20.4 Å². The molecule has 0 heterocycles. The first-order valence-corrected chi connectivity index (χ1v) is 8.07. The van der Waals surface area contributed by atoms with Gasteiger partial charge in [0.2, 0.25) is 0 Å². The first-order chi connectivity index (χ1) is 9.76. The van der Waals surface area contributed by atoms with E-state index in [-0.39, 0.29) is 10.8 Å². The van der Waals surface area contributed by atoms with Crippen LogP contribution in [-0.4, -0.2) is 22.2 Å². The van der Waals surface area contributed by atoms with E-state index in [1.807, 2.05) is 0 Å². The molecule has 1 aromatic rings. The van der Waals surface area contributed by atoms with Gasteiger partial charge < -0.3 is 10.2 Å². The van der Waals surface area contributed by atoms with E-state index in [9.17, 15) is 9.59 Å². The minimum Gasteiger partial charge on any atom is -0.481 e. The van der Waals surface area contributed by atoms with Crippen molar-refractivity contribution in [3.63, 3.8) is 0 Å². The van der Waals surface area contributed by atoms with Crippen LogP contribution in [0.25, 0.3) is 0 Å². The second-order valence-electron chi connectivity index (χ2n) is 7.13. The van der Waals surface area contributed by atoms with Gasteiger partial charge in [-0.1, -0.05) is 53.7 Å². The molecule has 1 rings (SSSR count). The topological polar surface area (TPSA) is 74.6 Å². The molecule has 0 bridgehead atoms. The quantitative estimate of drug-likeness (QED) is 0.548. The van der Waals surface area contributed by atoms with Gasteiger partial charge in [-0.25, -0.2) is 0 Å². The van der Waals surface area contributed by atoms with Crippen molar-refractivity contribution >= 4 is 34.5 Å². The van der Waals surface area contributed by atoms with Gasteiger partial charge in [-0.2, -0.15) is 0 Å². The molecule has 0 saturated heterocycles. The number of hydrogen-bond acceptors (Lipinski definition) is 2. The van der Waals surface area contributed by atoms with E-state index in [0.717, 1.165) is 0 Å². The summed E-state index contributed by atoms with van der Waals surface area (Å²) in [6, 6.07) is 6.64. The summed E-state index contributed by atoms with van der Waals surface area (Å²) in [7, 11) is 0. The van der Waals surface area contributed by atoms with Gasteiger partial charge in [0, 0.05) is 3.57 Å². The maximum Gasteiger partial charge on any atom is 0.314 e. The van der Waals surface area contributed by atoms with Gasteiger partial charge in [0.05, 0.1) is 0 Å². The number of benzene rings is 1. The molecule has 1 aromatic carbocycles. The molecule has 5 heteroatoms. The standard InChI is InChI=1S/C14H21I.C3H4O4/c1-13(2,3)10-8-7-9-11(15)12(10)14(4,5)6;4-2(5)1-3(6)7/h7-9H,1-6H3;1H2,(H,4,5)(H,6,7). The Hall–Kier alpha value is -1.11. The highest BCUT2D eigenvalue weighted by atomic mass is 127. The van der Waals surface area contributed by atoms with Crippen molar-refractivity contribution in [1.29, 1.82) is 0 Å². The summed E-state index contributed by atoms with van der Waals surface area (Å²) < 4.78 is 1.38. The number of carboxylic acid groups (broad SMARTS) is 2. The highest BCUT2D eigenvalue weighted by Gasteiger charge is 2.26. The molecule has 2 N–H and O–H groups in total.